The lowest BCUT2D eigenvalue weighted by Crippen LogP contribution is -1.68. The summed E-state index contributed by atoms with van der Waals surface area (Å²) in [5.41, 5.74) is 0. The summed E-state index contributed by atoms with van der Waals surface area (Å²) in [5.74, 6) is 0. The minimum atomic E-state index is 0.0294. The topological polar surface area (TPSA) is 44.0 Å². The van der Waals surface area contributed by atoms with Gasteiger partial charge in [-0.25, -0.2) is 0 Å². The van der Waals surface area contributed by atoms with Crippen molar-refractivity contribution in [1.82, 2.24) is 0 Å². The molecule has 0 aliphatic carbocycles. The summed E-state index contributed by atoms with van der Waals surface area (Å²) in [7, 11) is 0. The van der Waals surface area contributed by atoms with Crippen molar-refractivity contribution < 1.29 is 5.11 Å². The Balaban J connectivity index is 2.97. The first kappa shape index (κ1) is 6.19. The van der Waals surface area contributed by atoms with E-state index in [-0.39, 0.29) is 6.61 Å². The smallest absolute Gasteiger partial charge is 0.0663 e. The van der Waals surface area contributed by atoms with E-state index in [1.807, 2.05) is 6.07 Å². The van der Waals surface area contributed by atoms with Gasteiger partial charge in [-0.3, -0.25) is 0 Å². The van der Waals surface area contributed by atoms with Crippen LogP contribution in [0.4, 0.5) is 0 Å². The maximum atomic E-state index is 8.10. The molecule has 0 fully saturated rings. The first-order valence-electron chi connectivity index (χ1n) is 2.04. The van der Waals surface area contributed by atoms with Crippen molar-refractivity contribution in [2.75, 3.05) is 6.61 Å². The van der Waals surface area contributed by atoms with Gasteiger partial charge in [0.05, 0.1) is 19.1 Å². The van der Waals surface area contributed by atoms with Gasteiger partial charge in [0, 0.05) is 0 Å². The Kier molecular flexibility index (Phi) is 4.59. The summed E-state index contributed by atoms with van der Waals surface area (Å²) in [5, 5.41) is 16.0. The molecule has 0 saturated carbocycles. The van der Waals surface area contributed by atoms with Crippen LogP contribution in [-0.2, 0) is 0 Å². The summed E-state index contributed by atoms with van der Waals surface area (Å²) < 4.78 is 0. The molecule has 0 amide bonds. The molecule has 0 unspecified atom stereocenters. The van der Waals surface area contributed by atoms with Crippen LogP contribution in [-0.4, -0.2) is 11.7 Å². The molecule has 0 rings (SSSR count). The van der Waals surface area contributed by atoms with Gasteiger partial charge in [0.1, 0.15) is 0 Å². The van der Waals surface area contributed by atoms with Crippen LogP contribution in [0.3, 0.4) is 0 Å². The third-order valence-corrected chi connectivity index (χ3v) is 0.481. The molecule has 2 nitrogen and oxygen atoms in total. The van der Waals surface area contributed by atoms with E-state index in [1.54, 1.807) is 12.2 Å². The minimum Gasteiger partial charge on any atom is -0.392 e. The van der Waals surface area contributed by atoms with Gasteiger partial charge in [-0.2, -0.15) is 5.26 Å². The lowest BCUT2D eigenvalue weighted by Gasteiger charge is -1.71. The summed E-state index contributed by atoms with van der Waals surface area (Å²) in [4.78, 5) is 0. The molecular formula is C5H7NO. The zero-order chi connectivity index (χ0) is 5.54. The first-order valence-corrected chi connectivity index (χ1v) is 2.04. The number of aliphatic hydroxyl groups is 1. The first-order chi connectivity index (χ1) is 3.41. The van der Waals surface area contributed by atoms with E-state index >= 15 is 0 Å². The highest BCUT2D eigenvalue weighted by atomic mass is 16.2. The number of hydrogen-bond donors (Lipinski definition) is 1. The van der Waals surface area contributed by atoms with Crippen molar-refractivity contribution in [3.63, 3.8) is 0 Å². The highest BCUT2D eigenvalue weighted by Gasteiger charge is 1.66. The molecule has 0 aromatic heterocycles. The van der Waals surface area contributed by atoms with Crippen LogP contribution >= 0.6 is 0 Å². The average Bonchev–Trinajstić information content (AvgIpc) is 1.69. The Bertz CT molecular complexity index is 90.7. The van der Waals surface area contributed by atoms with Gasteiger partial charge < -0.3 is 5.11 Å². The molecule has 0 aliphatic rings. The van der Waals surface area contributed by atoms with Crippen LogP contribution in [0.2, 0.25) is 0 Å². The van der Waals surface area contributed by atoms with Crippen molar-refractivity contribution >= 4 is 0 Å². The van der Waals surface area contributed by atoms with Crippen molar-refractivity contribution in [3.05, 3.63) is 12.2 Å². The zero-order valence-corrected chi connectivity index (χ0v) is 3.96. The monoisotopic (exact) mass is 97.1 g/mol. The van der Waals surface area contributed by atoms with Crippen LogP contribution in [0.5, 0.6) is 0 Å². The van der Waals surface area contributed by atoms with Crippen molar-refractivity contribution in [3.8, 4) is 6.07 Å². The van der Waals surface area contributed by atoms with Gasteiger partial charge >= 0.3 is 0 Å². The predicted molar refractivity (Wildman–Crippen MR) is 26.5 cm³/mol. The maximum absolute atomic E-state index is 8.10. The van der Waals surface area contributed by atoms with Crippen molar-refractivity contribution in [2.24, 2.45) is 0 Å². The van der Waals surface area contributed by atoms with E-state index in [1.165, 1.54) is 0 Å². The molecule has 0 heterocycles. The molecule has 38 valence electrons. The molecule has 0 aromatic rings. The molecule has 7 heavy (non-hydrogen) atoms. The van der Waals surface area contributed by atoms with Crippen molar-refractivity contribution in [2.45, 2.75) is 6.42 Å². The quantitative estimate of drug-likeness (QED) is 0.508. The Morgan fingerprint density at radius 3 is 2.71 bits per heavy atom. The molecule has 0 atom stereocenters. The van der Waals surface area contributed by atoms with E-state index < -0.39 is 0 Å². The molecule has 1 N–H and O–H groups in total. The van der Waals surface area contributed by atoms with Crippen molar-refractivity contribution in [1.29, 1.82) is 5.26 Å². The summed E-state index contributed by atoms with van der Waals surface area (Å²) in [6.45, 7) is 0.0294. The Morgan fingerprint density at radius 1 is 1.57 bits per heavy atom. The van der Waals surface area contributed by atoms with Gasteiger partial charge in [-0.05, 0) is 0 Å². The lowest BCUT2D eigenvalue weighted by atomic mass is 10.4. The van der Waals surface area contributed by atoms with Crippen LogP contribution in [0.15, 0.2) is 12.2 Å². The largest absolute Gasteiger partial charge is 0.392 e. The summed E-state index contributed by atoms with van der Waals surface area (Å²) in [6.07, 6.45) is 3.56. The fourth-order valence-electron chi connectivity index (χ4n) is 0.211. The standard InChI is InChI=1S/C5H7NO/c6-4-2-1-3-5-7/h1,3,7H,2,5H2/b3-1+. The van der Waals surface area contributed by atoms with Gasteiger partial charge in [-0.1, -0.05) is 12.2 Å². The maximum Gasteiger partial charge on any atom is 0.0663 e. The molecular weight excluding hydrogens is 90.1 g/mol. The van der Waals surface area contributed by atoms with Crippen LogP contribution in [0.1, 0.15) is 6.42 Å². The van der Waals surface area contributed by atoms with Crippen LogP contribution in [0, 0.1) is 11.3 Å². The molecule has 0 aliphatic heterocycles. The molecule has 0 saturated heterocycles. The van der Waals surface area contributed by atoms with E-state index in [4.69, 9.17) is 10.4 Å². The zero-order valence-electron chi connectivity index (χ0n) is 3.96. The molecule has 2 heteroatoms. The Labute approximate surface area is 42.7 Å². The van der Waals surface area contributed by atoms with E-state index in [2.05, 4.69) is 0 Å². The fraction of sp³-hybridized carbons (Fsp3) is 0.400. The second-order valence-corrected chi connectivity index (χ2v) is 1.02. The molecule has 0 radical (unpaired) electrons. The lowest BCUT2D eigenvalue weighted by molar-refractivity contribution is 0.342. The number of nitriles is 1. The normalized spacial score (nSPS) is 9.14. The number of allylic oxidation sites excluding steroid dienone is 1. The molecule has 0 bridgehead atoms. The number of rotatable bonds is 2. The number of aliphatic hydroxyl groups excluding tert-OH is 1. The minimum absolute atomic E-state index is 0.0294. The summed E-state index contributed by atoms with van der Waals surface area (Å²) >= 11 is 0. The number of nitrogens with zero attached hydrogens (tertiary/aromatic N) is 1. The van der Waals surface area contributed by atoms with Gasteiger partial charge in [0.15, 0.2) is 0 Å². The molecule has 0 spiro atoms. The summed E-state index contributed by atoms with van der Waals surface area (Å²) in [6, 6.07) is 1.90. The number of hydrogen-bond acceptors (Lipinski definition) is 2. The van der Waals surface area contributed by atoms with E-state index in [0.29, 0.717) is 6.42 Å². The molecule has 0 aromatic carbocycles. The van der Waals surface area contributed by atoms with Gasteiger partial charge in [-0.15, -0.1) is 0 Å². The van der Waals surface area contributed by atoms with Crippen LogP contribution < -0.4 is 0 Å². The van der Waals surface area contributed by atoms with E-state index in [9.17, 15) is 0 Å². The third-order valence-electron chi connectivity index (χ3n) is 0.481. The van der Waals surface area contributed by atoms with Gasteiger partial charge in [0.2, 0.25) is 0 Å². The second kappa shape index (κ2) is 5.19. The SMILES string of the molecule is N#CC/C=C/CO. The van der Waals surface area contributed by atoms with Gasteiger partial charge in [0.25, 0.3) is 0 Å². The fourth-order valence-corrected chi connectivity index (χ4v) is 0.211. The Hall–Kier alpha value is -0.810. The Morgan fingerprint density at radius 2 is 2.29 bits per heavy atom. The third kappa shape index (κ3) is 5.19. The second-order valence-electron chi connectivity index (χ2n) is 1.02. The predicted octanol–water partition coefficient (Wildman–Crippen LogP) is 0.449. The van der Waals surface area contributed by atoms with E-state index in [0.717, 1.165) is 0 Å². The van der Waals surface area contributed by atoms with Crippen LogP contribution in [0.25, 0.3) is 0 Å². The highest BCUT2D eigenvalue weighted by Crippen LogP contribution is 1.75. The average molecular weight is 97.1 g/mol. The highest BCUT2D eigenvalue weighted by molar-refractivity contribution is 4.89.